The Morgan fingerprint density at radius 3 is 1.24 bits per heavy atom. The second kappa shape index (κ2) is 15.1. The summed E-state index contributed by atoms with van der Waals surface area (Å²) >= 11 is 0. The first kappa shape index (κ1) is 44.1. The molecular formula is C19H13F12N2NaO9S2. The number of carbonyl (C=O) groups excluding carboxylic acids is 1. The average Bonchev–Trinajstić information content (AvgIpc) is 2.80. The maximum Gasteiger partial charge on any atom is 1.00 e. The Morgan fingerprint density at radius 2 is 0.978 bits per heavy atom. The Kier molecular flexibility index (Phi) is 14.8. The van der Waals surface area contributed by atoms with Gasteiger partial charge < -0.3 is 15.3 Å². The van der Waals surface area contributed by atoms with Gasteiger partial charge in [-0.25, -0.2) is 9.59 Å². The first-order valence-corrected chi connectivity index (χ1v) is 12.9. The molecule has 0 aliphatic rings. The first-order valence-electron chi connectivity index (χ1n) is 9.97. The van der Waals surface area contributed by atoms with Crippen LogP contribution in [0.4, 0.5) is 64.1 Å². The zero-order valence-corrected chi connectivity index (χ0v) is 25.2. The summed E-state index contributed by atoms with van der Waals surface area (Å²) in [5.41, 5.74) is -18.9. The SMILES string of the molecule is COC(=O)c1ccc(C(F)(F)F)cc1NS(=O)(=O)C(F)(F)F.O=C(O)c1ccc(C(F)(F)F)cc1NS(=O)(=O)C(F)(F)F.[Na+].[OH-]. The zero-order chi connectivity index (χ0) is 34.0. The van der Waals surface area contributed by atoms with Crippen LogP contribution in [0.5, 0.6) is 0 Å². The first-order chi connectivity index (χ1) is 19.0. The van der Waals surface area contributed by atoms with Gasteiger partial charge in [-0.2, -0.15) is 69.5 Å². The van der Waals surface area contributed by atoms with Crippen molar-refractivity contribution in [2.24, 2.45) is 0 Å². The summed E-state index contributed by atoms with van der Waals surface area (Å²) < 4.78 is 198. The number of rotatable bonds is 6. The number of nitrogens with one attached hydrogen (secondary N) is 2. The summed E-state index contributed by atoms with van der Waals surface area (Å²) in [6, 6.07) is 1.58. The third-order valence-electron chi connectivity index (χ3n) is 4.43. The number of sulfonamides is 2. The van der Waals surface area contributed by atoms with E-state index in [1.165, 1.54) is 0 Å². The van der Waals surface area contributed by atoms with Gasteiger partial charge in [-0.05, 0) is 36.4 Å². The fourth-order valence-corrected chi connectivity index (χ4v) is 3.64. The minimum Gasteiger partial charge on any atom is -0.870 e. The number of alkyl halides is 12. The van der Waals surface area contributed by atoms with Crippen LogP contribution in [0, 0.1) is 0 Å². The third-order valence-corrected chi connectivity index (χ3v) is 6.62. The second-order valence-corrected chi connectivity index (χ2v) is 10.8. The normalized spacial score (nSPS) is 12.4. The van der Waals surface area contributed by atoms with Crippen molar-refractivity contribution in [3.63, 3.8) is 0 Å². The van der Waals surface area contributed by atoms with Crippen LogP contribution in [0.2, 0.25) is 0 Å². The van der Waals surface area contributed by atoms with E-state index in [0.29, 0.717) is 24.3 Å². The molecule has 45 heavy (non-hydrogen) atoms. The maximum absolute atomic E-state index is 12.5. The second-order valence-electron chi connectivity index (χ2n) is 7.42. The van der Waals surface area contributed by atoms with Crippen LogP contribution in [0.15, 0.2) is 36.4 Å². The number of benzene rings is 2. The van der Waals surface area contributed by atoms with Crippen LogP contribution in [0.3, 0.4) is 0 Å². The Bertz CT molecular complexity index is 1590. The average molecular weight is 728 g/mol. The number of carbonyl (C=O) groups is 2. The number of hydrogen-bond donors (Lipinski definition) is 3. The molecule has 250 valence electrons. The van der Waals surface area contributed by atoms with E-state index in [1.54, 1.807) is 0 Å². The van der Waals surface area contributed by atoms with Crippen LogP contribution in [0.1, 0.15) is 31.8 Å². The fraction of sp³-hybridized carbons (Fsp3) is 0.263. The third kappa shape index (κ3) is 11.7. The molecule has 0 spiro atoms. The minimum absolute atomic E-state index is 0. The Balaban J connectivity index is 0. The molecule has 2 aromatic carbocycles. The van der Waals surface area contributed by atoms with Gasteiger partial charge in [0.1, 0.15) is 0 Å². The zero-order valence-electron chi connectivity index (χ0n) is 21.6. The van der Waals surface area contributed by atoms with E-state index in [2.05, 4.69) is 4.74 Å². The van der Waals surface area contributed by atoms with Crippen molar-refractivity contribution in [1.82, 2.24) is 0 Å². The number of methoxy groups -OCH3 is 1. The van der Waals surface area contributed by atoms with Crippen LogP contribution in [-0.4, -0.2) is 57.5 Å². The number of aromatic carboxylic acids is 1. The van der Waals surface area contributed by atoms with Crippen LogP contribution < -0.4 is 39.0 Å². The van der Waals surface area contributed by atoms with Gasteiger partial charge in [-0.1, -0.05) is 0 Å². The molecular weight excluding hydrogens is 715 g/mol. The van der Waals surface area contributed by atoms with Gasteiger partial charge in [0, 0.05) is 0 Å². The van der Waals surface area contributed by atoms with Gasteiger partial charge in [0.2, 0.25) is 0 Å². The molecule has 11 nitrogen and oxygen atoms in total. The van der Waals surface area contributed by atoms with Crippen molar-refractivity contribution in [2.45, 2.75) is 23.4 Å². The molecule has 0 heterocycles. The minimum atomic E-state index is -6.05. The van der Waals surface area contributed by atoms with Crippen LogP contribution in [-0.2, 0) is 37.1 Å². The molecule has 0 aliphatic heterocycles. The van der Waals surface area contributed by atoms with Crippen molar-refractivity contribution in [3.05, 3.63) is 58.7 Å². The molecule has 0 atom stereocenters. The number of halogens is 12. The predicted octanol–water partition coefficient (Wildman–Crippen LogP) is 2.25. The van der Waals surface area contributed by atoms with Gasteiger partial charge in [-0.3, -0.25) is 9.44 Å². The molecule has 0 fully saturated rings. The Hall–Kier alpha value is -3.00. The molecule has 0 unspecified atom stereocenters. The smallest absolute Gasteiger partial charge is 0.870 e. The van der Waals surface area contributed by atoms with Crippen LogP contribution >= 0.6 is 0 Å². The molecule has 2 rings (SSSR count). The fourth-order valence-electron chi connectivity index (χ4n) is 2.49. The van der Waals surface area contributed by atoms with E-state index in [-0.39, 0.29) is 47.2 Å². The Morgan fingerprint density at radius 1 is 0.667 bits per heavy atom. The topological polar surface area (TPSA) is 186 Å². The molecule has 26 heteroatoms. The summed E-state index contributed by atoms with van der Waals surface area (Å²) in [6.07, 6.45) is -9.94. The summed E-state index contributed by atoms with van der Waals surface area (Å²) in [5, 5.41) is 8.66. The van der Waals surface area contributed by atoms with E-state index in [1.807, 2.05) is 0 Å². The predicted molar refractivity (Wildman–Crippen MR) is 120 cm³/mol. The largest absolute Gasteiger partial charge is 1.00 e. The number of carboxylic acids is 1. The standard InChI is InChI=1S/C10H7F6NO4S.C9H5F6NO4S.Na.H2O/c1-21-8(18)6-3-2-5(9(11,12)13)4-7(6)17-22(19,20)10(14,15)16;10-8(11,12)4-1-2-5(7(17)18)6(3-4)16-21(19,20)9(13,14)15;;/h2-4,17H,1H3;1-3,16H,(H,17,18);;1H2/q;;+1;/p-1. The maximum atomic E-state index is 12.5. The number of ether oxygens (including phenoxy) is 1. The molecule has 0 radical (unpaired) electrons. The van der Waals surface area contributed by atoms with Crippen molar-refractivity contribution in [3.8, 4) is 0 Å². The number of hydrogen-bond acceptors (Lipinski definition) is 8. The molecule has 0 saturated heterocycles. The van der Waals surface area contributed by atoms with Crippen LogP contribution in [0.25, 0.3) is 0 Å². The van der Waals surface area contributed by atoms with E-state index >= 15 is 0 Å². The quantitative estimate of drug-likeness (QED) is 0.228. The van der Waals surface area contributed by atoms with E-state index < -0.39 is 89.0 Å². The van der Waals surface area contributed by atoms with Gasteiger partial charge in [0.25, 0.3) is 0 Å². The summed E-state index contributed by atoms with van der Waals surface area (Å²) in [4.78, 5) is 22.0. The molecule has 0 amide bonds. The number of anilines is 2. The molecule has 0 bridgehead atoms. The number of carboxylic acid groups (broad SMARTS) is 1. The van der Waals surface area contributed by atoms with Crippen molar-refractivity contribution in [2.75, 3.05) is 16.6 Å². The van der Waals surface area contributed by atoms with Gasteiger partial charge in [-0.15, -0.1) is 0 Å². The number of esters is 1. The van der Waals surface area contributed by atoms with E-state index in [4.69, 9.17) is 5.11 Å². The van der Waals surface area contributed by atoms with Crippen molar-refractivity contribution >= 4 is 43.4 Å². The molecule has 0 aliphatic carbocycles. The van der Waals surface area contributed by atoms with E-state index in [9.17, 15) is 79.1 Å². The van der Waals surface area contributed by atoms with Crippen molar-refractivity contribution in [1.29, 1.82) is 0 Å². The van der Waals surface area contributed by atoms with Crippen molar-refractivity contribution < 1.29 is 124 Å². The van der Waals surface area contributed by atoms with Gasteiger partial charge in [0.05, 0.1) is 40.7 Å². The van der Waals surface area contributed by atoms with Gasteiger partial charge in [0.15, 0.2) is 0 Å². The molecule has 0 aromatic heterocycles. The Labute approximate surface area is 265 Å². The van der Waals surface area contributed by atoms with E-state index in [0.717, 1.165) is 16.6 Å². The monoisotopic (exact) mass is 728 g/mol. The molecule has 0 saturated carbocycles. The summed E-state index contributed by atoms with van der Waals surface area (Å²) in [7, 11) is -11.2. The molecule has 2 aromatic rings. The molecule has 4 N–H and O–H groups in total. The van der Waals surface area contributed by atoms with Gasteiger partial charge >= 0.3 is 84.9 Å². The summed E-state index contributed by atoms with van der Waals surface area (Å²) in [6.45, 7) is 0. The summed E-state index contributed by atoms with van der Waals surface area (Å²) in [5.74, 6) is -3.21.